The van der Waals surface area contributed by atoms with Crippen LogP contribution in [0.4, 0.5) is 0 Å². The van der Waals surface area contributed by atoms with Crippen molar-refractivity contribution in [2.24, 2.45) is 0 Å². The second-order valence-electron chi connectivity index (χ2n) is 5.39. The lowest BCUT2D eigenvalue weighted by Crippen LogP contribution is -2.41. The quantitative estimate of drug-likeness (QED) is 0.821. The Labute approximate surface area is 126 Å². The van der Waals surface area contributed by atoms with Crippen LogP contribution in [0.2, 0.25) is 0 Å². The van der Waals surface area contributed by atoms with Crippen molar-refractivity contribution in [1.29, 1.82) is 0 Å². The van der Waals surface area contributed by atoms with Crippen LogP contribution in [0.1, 0.15) is 44.4 Å². The zero-order valence-electron chi connectivity index (χ0n) is 12.3. The molecule has 1 unspecified atom stereocenters. The van der Waals surface area contributed by atoms with Crippen molar-refractivity contribution in [3.05, 3.63) is 16.3 Å². The Balaban J connectivity index is 2.09. The van der Waals surface area contributed by atoms with E-state index in [9.17, 15) is 8.42 Å². The van der Waals surface area contributed by atoms with Crippen LogP contribution >= 0.6 is 11.3 Å². The Kier molecular flexibility index (Phi) is 5.60. The smallest absolute Gasteiger partial charge is 0.244 e. The summed E-state index contributed by atoms with van der Waals surface area (Å²) in [6.07, 6.45) is 4.15. The van der Waals surface area contributed by atoms with Crippen LogP contribution in [0.15, 0.2) is 16.3 Å². The average Bonchev–Trinajstić information content (AvgIpc) is 2.89. The summed E-state index contributed by atoms with van der Waals surface area (Å²) in [5.74, 6) is 0. The van der Waals surface area contributed by atoms with E-state index in [1.807, 2.05) is 13.0 Å². The molecule has 1 fully saturated rings. The first kappa shape index (κ1) is 15.9. The van der Waals surface area contributed by atoms with Crippen LogP contribution in [0, 0.1) is 0 Å². The van der Waals surface area contributed by atoms with Gasteiger partial charge in [0, 0.05) is 29.4 Å². The van der Waals surface area contributed by atoms with E-state index in [4.69, 9.17) is 0 Å². The summed E-state index contributed by atoms with van der Waals surface area (Å²) >= 11 is 1.52. The first-order valence-corrected chi connectivity index (χ1v) is 9.67. The third kappa shape index (κ3) is 3.61. The van der Waals surface area contributed by atoms with Gasteiger partial charge in [-0.1, -0.05) is 13.3 Å². The molecule has 1 aliphatic rings. The monoisotopic (exact) mass is 316 g/mol. The third-order valence-electron chi connectivity index (χ3n) is 3.70. The van der Waals surface area contributed by atoms with Gasteiger partial charge in [0.25, 0.3) is 0 Å². The van der Waals surface area contributed by atoms with E-state index in [1.165, 1.54) is 11.3 Å². The van der Waals surface area contributed by atoms with Gasteiger partial charge in [-0.05, 0) is 38.8 Å². The summed E-state index contributed by atoms with van der Waals surface area (Å²) < 4.78 is 27.0. The van der Waals surface area contributed by atoms with Crippen molar-refractivity contribution >= 4 is 21.4 Å². The molecule has 6 heteroatoms. The van der Waals surface area contributed by atoms with Crippen molar-refractivity contribution in [1.82, 2.24) is 9.62 Å². The van der Waals surface area contributed by atoms with Crippen LogP contribution in [-0.4, -0.2) is 31.9 Å². The largest absolute Gasteiger partial charge is 0.312 e. The number of sulfonamides is 1. The number of nitrogens with one attached hydrogen (secondary N) is 1. The van der Waals surface area contributed by atoms with E-state index in [1.54, 1.807) is 9.69 Å². The van der Waals surface area contributed by atoms with Crippen molar-refractivity contribution in [2.45, 2.75) is 57.0 Å². The standard InChI is InChI=1S/C14H24N2O2S2/c1-3-7-15-10-13-9-14(11-19-13)20(17,18)16-8-5-4-6-12(16)2/h9,11-12,15H,3-8,10H2,1-2H3. The minimum Gasteiger partial charge on any atom is -0.312 e. The van der Waals surface area contributed by atoms with E-state index >= 15 is 0 Å². The molecule has 0 amide bonds. The molecule has 2 rings (SSSR count). The highest BCUT2D eigenvalue weighted by molar-refractivity contribution is 7.89. The maximum absolute atomic E-state index is 12.7. The molecule has 1 atom stereocenters. The molecule has 1 aromatic rings. The Morgan fingerprint density at radius 1 is 1.45 bits per heavy atom. The predicted octanol–water partition coefficient (Wildman–Crippen LogP) is 2.81. The summed E-state index contributed by atoms with van der Waals surface area (Å²) in [5, 5.41) is 5.08. The molecule has 0 aromatic carbocycles. The Morgan fingerprint density at radius 2 is 2.25 bits per heavy atom. The minimum atomic E-state index is -3.31. The molecule has 0 aliphatic carbocycles. The van der Waals surface area contributed by atoms with Gasteiger partial charge in [0.15, 0.2) is 0 Å². The van der Waals surface area contributed by atoms with E-state index in [0.29, 0.717) is 11.4 Å². The van der Waals surface area contributed by atoms with Gasteiger partial charge in [-0.25, -0.2) is 8.42 Å². The van der Waals surface area contributed by atoms with Gasteiger partial charge in [-0.3, -0.25) is 0 Å². The molecule has 1 saturated heterocycles. The summed E-state index contributed by atoms with van der Waals surface area (Å²) in [6.45, 7) is 6.50. The van der Waals surface area contributed by atoms with Crippen molar-refractivity contribution < 1.29 is 8.42 Å². The maximum Gasteiger partial charge on any atom is 0.244 e. The van der Waals surface area contributed by atoms with Crippen LogP contribution < -0.4 is 5.32 Å². The van der Waals surface area contributed by atoms with Gasteiger partial charge >= 0.3 is 0 Å². The second-order valence-corrected chi connectivity index (χ2v) is 8.27. The molecule has 0 spiro atoms. The number of nitrogens with zero attached hydrogens (tertiary/aromatic N) is 1. The van der Waals surface area contributed by atoms with Gasteiger partial charge in [0.05, 0.1) is 4.90 Å². The average molecular weight is 316 g/mol. The van der Waals surface area contributed by atoms with Crippen LogP contribution in [0.5, 0.6) is 0 Å². The first-order valence-electron chi connectivity index (χ1n) is 7.35. The fraction of sp³-hybridized carbons (Fsp3) is 0.714. The normalized spacial score (nSPS) is 21.2. The molecule has 1 aliphatic heterocycles. The Hall–Kier alpha value is -0.430. The number of thiophene rings is 1. The lowest BCUT2D eigenvalue weighted by molar-refractivity contribution is 0.269. The van der Waals surface area contributed by atoms with E-state index in [-0.39, 0.29) is 6.04 Å². The zero-order valence-corrected chi connectivity index (χ0v) is 13.9. The predicted molar refractivity (Wildman–Crippen MR) is 83.5 cm³/mol. The van der Waals surface area contributed by atoms with Gasteiger partial charge in [-0.15, -0.1) is 11.3 Å². The molecule has 0 radical (unpaired) electrons. The Bertz CT molecular complexity index is 525. The number of rotatable bonds is 6. The summed E-state index contributed by atoms with van der Waals surface area (Å²) in [4.78, 5) is 1.55. The highest BCUT2D eigenvalue weighted by Gasteiger charge is 2.31. The highest BCUT2D eigenvalue weighted by atomic mass is 32.2. The number of piperidine rings is 1. The second kappa shape index (κ2) is 7.02. The summed E-state index contributed by atoms with van der Waals surface area (Å²) in [6, 6.07) is 1.94. The fourth-order valence-electron chi connectivity index (χ4n) is 2.54. The number of hydrogen-bond acceptors (Lipinski definition) is 4. The van der Waals surface area contributed by atoms with Gasteiger partial charge in [-0.2, -0.15) is 4.31 Å². The van der Waals surface area contributed by atoms with E-state index < -0.39 is 10.0 Å². The molecule has 2 heterocycles. The van der Waals surface area contributed by atoms with Crippen molar-refractivity contribution in [2.75, 3.05) is 13.1 Å². The zero-order chi connectivity index (χ0) is 14.6. The molecule has 114 valence electrons. The fourth-order valence-corrected chi connectivity index (χ4v) is 5.47. The van der Waals surface area contributed by atoms with Crippen molar-refractivity contribution in [3.63, 3.8) is 0 Å². The molecular weight excluding hydrogens is 292 g/mol. The summed E-state index contributed by atoms with van der Waals surface area (Å²) in [5.41, 5.74) is 0. The SMILES string of the molecule is CCCNCc1cc(S(=O)(=O)N2CCCCC2C)cs1. The molecule has 4 nitrogen and oxygen atoms in total. The molecule has 0 saturated carbocycles. The van der Waals surface area contributed by atoms with Crippen LogP contribution in [-0.2, 0) is 16.6 Å². The topological polar surface area (TPSA) is 49.4 Å². The molecule has 20 heavy (non-hydrogen) atoms. The van der Waals surface area contributed by atoms with E-state index in [0.717, 1.165) is 43.6 Å². The van der Waals surface area contributed by atoms with Crippen molar-refractivity contribution in [3.8, 4) is 0 Å². The molecule has 1 aromatic heterocycles. The van der Waals surface area contributed by atoms with Gasteiger partial charge in [0.1, 0.15) is 0 Å². The number of hydrogen-bond donors (Lipinski definition) is 1. The van der Waals surface area contributed by atoms with Gasteiger partial charge < -0.3 is 5.32 Å². The van der Waals surface area contributed by atoms with E-state index in [2.05, 4.69) is 12.2 Å². The lowest BCUT2D eigenvalue weighted by Gasteiger charge is -2.31. The molecular formula is C14H24N2O2S2. The minimum absolute atomic E-state index is 0.121. The maximum atomic E-state index is 12.7. The highest BCUT2D eigenvalue weighted by Crippen LogP contribution is 2.27. The lowest BCUT2D eigenvalue weighted by atomic mass is 10.1. The molecule has 1 N–H and O–H groups in total. The third-order valence-corrected chi connectivity index (χ3v) is 6.78. The van der Waals surface area contributed by atoms with Gasteiger partial charge in [0.2, 0.25) is 10.0 Å². The Morgan fingerprint density at radius 3 is 2.95 bits per heavy atom. The molecule has 0 bridgehead atoms. The van der Waals surface area contributed by atoms with Crippen LogP contribution in [0.3, 0.4) is 0 Å². The van der Waals surface area contributed by atoms with Crippen LogP contribution in [0.25, 0.3) is 0 Å². The summed E-state index contributed by atoms with van der Waals surface area (Å²) in [7, 11) is -3.31. The first-order chi connectivity index (χ1) is 9.55.